The van der Waals surface area contributed by atoms with E-state index in [1.54, 1.807) is 6.07 Å². The number of hydrogen-bond donors (Lipinski definition) is 0. The molecule has 0 saturated heterocycles. The van der Waals surface area contributed by atoms with Gasteiger partial charge in [0.15, 0.2) is 0 Å². The number of hydrogen-bond acceptors (Lipinski definition) is 2. The van der Waals surface area contributed by atoms with Gasteiger partial charge in [0.1, 0.15) is 11.9 Å². The predicted octanol–water partition coefficient (Wildman–Crippen LogP) is 6.18. The second-order valence-corrected chi connectivity index (χ2v) is 8.45. The van der Waals surface area contributed by atoms with Crippen molar-refractivity contribution in [3.63, 3.8) is 0 Å². The largest absolute Gasteiger partial charge is 0.464 e. The van der Waals surface area contributed by atoms with Crippen LogP contribution in [0.1, 0.15) is 29.2 Å². The maximum absolute atomic E-state index is 14.4. The molecule has 1 fully saturated rings. The summed E-state index contributed by atoms with van der Waals surface area (Å²) in [6, 6.07) is 23.6. The summed E-state index contributed by atoms with van der Waals surface area (Å²) in [6.45, 7) is 0.508. The van der Waals surface area contributed by atoms with Crippen molar-refractivity contribution in [3.8, 4) is 0 Å². The second kappa shape index (κ2) is 8.20. The minimum atomic E-state index is -0.430. The van der Waals surface area contributed by atoms with Gasteiger partial charge in [-0.05, 0) is 41.7 Å². The first-order chi connectivity index (χ1) is 15.2. The molecule has 0 bridgehead atoms. The van der Waals surface area contributed by atoms with Crippen LogP contribution in [0.2, 0.25) is 5.02 Å². The maximum atomic E-state index is 14.4. The second-order valence-electron chi connectivity index (χ2n) is 8.04. The Morgan fingerprint density at radius 2 is 1.71 bits per heavy atom. The molecule has 156 valence electrons. The fourth-order valence-corrected chi connectivity index (χ4v) is 4.59. The number of rotatable bonds is 7. The van der Waals surface area contributed by atoms with Gasteiger partial charge in [-0.15, -0.1) is 0 Å². The molecule has 1 aliphatic carbocycles. The van der Waals surface area contributed by atoms with Crippen LogP contribution in [0.25, 0.3) is 10.9 Å². The normalized spacial score (nSPS) is 17.8. The molecular formula is C26H21ClFNO2. The van der Waals surface area contributed by atoms with Gasteiger partial charge < -0.3 is 9.30 Å². The molecule has 1 heterocycles. The van der Waals surface area contributed by atoms with E-state index in [2.05, 4.69) is 35.0 Å². The van der Waals surface area contributed by atoms with E-state index >= 15 is 0 Å². The number of carbonyl (C=O) groups excluding carboxylic acids is 1. The van der Waals surface area contributed by atoms with Crippen LogP contribution in [0.15, 0.2) is 79.0 Å². The number of aromatic nitrogens is 1. The lowest BCUT2D eigenvalue weighted by Crippen LogP contribution is -2.11. The summed E-state index contributed by atoms with van der Waals surface area (Å²) >= 11 is 6.20. The summed E-state index contributed by atoms with van der Waals surface area (Å²) in [5, 5.41) is 0.947. The number of halogens is 2. The van der Waals surface area contributed by atoms with Gasteiger partial charge in [0.25, 0.3) is 6.47 Å². The molecule has 31 heavy (non-hydrogen) atoms. The van der Waals surface area contributed by atoms with Crippen LogP contribution in [0, 0.1) is 11.7 Å². The minimum Gasteiger partial charge on any atom is -0.464 e. The lowest BCUT2D eigenvalue weighted by Gasteiger charge is -2.21. The molecule has 5 rings (SSSR count). The van der Waals surface area contributed by atoms with Gasteiger partial charge in [0.2, 0.25) is 0 Å². The number of nitrogens with zero attached hydrogens (tertiary/aromatic N) is 1. The summed E-state index contributed by atoms with van der Waals surface area (Å²) in [7, 11) is 0. The standard InChI is InChI=1S/C26H21ClFNO2/c27-22-14-24-21(13-23(22)28)20(11-19-12-25(19)31-16-30)15-29(24)26(17-7-3-1-4-8-17)18-9-5-2-6-10-18/h1-10,13-16,19,25-26H,11-12H2. The first-order valence-electron chi connectivity index (χ1n) is 10.3. The third-order valence-corrected chi connectivity index (χ3v) is 6.33. The van der Waals surface area contributed by atoms with Crippen molar-refractivity contribution < 1.29 is 13.9 Å². The Morgan fingerprint density at radius 3 is 2.32 bits per heavy atom. The third-order valence-electron chi connectivity index (χ3n) is 6.04. The van der Waals surface area contributed by atoms with Crippen molar-refractivity contribution in [2.75, 3.05) is 0 Å². The molecular weight excluding hydrogens is 413 g/mol. The summed E-state index contributed by atoms with van der Waals surface area (Å²) in [5.74, 6) is -0.171. The van der Waals surface area contributed by atoms with Crippen LogP contribution in [-0.2, 0) is 16.0 Å². The summed E-state index contributed by atoms with van der Waals surface area (Å²) in [5.41, 5.74) is 4.18. The van der Waals surface area contributed by atoms with E-state index in [1.165, 1.54) is 6.07 Å². The van der Waals surface area contributed by atoms with E-state index in [4.69, 9.17) is 16.3 Å². The molecule has 0 N–H and O–H groups in total. The molecule has 3 aromatic carbocycles. The predicted molar refractivity (Wildman–Crippen MR) is 120 cm³/mol. The molecule has 1 aliphatic rings. The summed E-state index contributed by atoms with van der Waals surface area (Å²) in [4.78, 5) is 10.7. The molecule has 3 nitrogen and oxygen atoms in total. The summed E-state index contributed by atoms with van der Waals surface area (Å²) < 4.78 is 21.7. The average molecular weight is 434 g/mol. The van der Waals surface area contributed by atoms with E-state index in [0.717, 1.165) is 40.4 Å². The Balaban J connectivity index is 1.67. The molecule has 4 aromatic rings. The van der Waals surface area contributed by atoms with Crippen LogP contribution in [0.3, 0.4) is 0 Å². The molecule has 2 atom stereocenters. The fourth-order valence-electron chi connectivity index (χ4n) is 4.43. The lowest BCUT2D eigenvalue weighted by molar-refractivity contribution is -0.130. The van der Waals surface area contributed by atoms with E-state index in [-0.39, 0.29) is 23.1 Å². The zero-order chi connectivity index (χ0) is 21.4. The van der Waals surface area contributed by atoms with Crippen molar-refractivity contribution in [2.45, 2.75) is 25.0 Å². The topological polar surface area (TPSA) is 31.2 Å². The Labute approximate surface area is 185 Å². The van der Waals surface area contributed by atoms with E-state index < -0.39 is 5.82 Å². The first-order valence-corrected chi connectivity index (χ1v) is 10.7. The molecule has 1 aromatic heterocycles. The van der Waals surface area contributed by atoms with Crippen molar-refractivity contribution in [3.05, 3.63) is 107 Å². The Bertz CT molecular complexity index is 1180. The first kappa shape index (κ1) is 19.8. The van der Waals surface area contributed by atoms with Gasteiger partial charge in [0, 0.05) is 17.5 Å². The van der Waals surface area contributed by atoms with Crippen LogP contribution in [0.5, 0.6) is 0 Å². The minimum absolute atomic E-state index is 0.0490. The molecule has 0 spiro atoms. The van der Waals surface area contributed by atoms with Crippen molar-refractivity contribution in [1.29, 1.82) is 0 Å². The smallest absolute Gasteiger partial charge is 0.293 e. The number of ether oxygens (including phenoxy) is 1. The number of fused-ring (bicyclic) bond motifs is 1. The van der Waals surface area contributed by atoms with Crippen molar-refractivity contribution in [1.82, 2.24) is 4.57 Å². The highest BCUT2D eigenvalue weighted by molar-refractivity contribution is 6.31. The molecule has 0 aliphatic heterocycles. The van der Waals surface area contributed by atoms with Crippen molar-refractivity contribution >= 4 is 29.0 Å². The van der Waals surface area contributed by atoms with Crippen LogP contribution >= 0.6 is 11.6 Å². The number of benzene rings is 3. The molecule has 1 saturated carbocycles. The molecule has 0 radical (unpaired) electrons. The molecule has 5 heteroatoms. The van der Waals surface area contributed by atoms with Gasteiger partial charge in [0.05, 0.1) is 16.6 Å². The van der Waals surface area contributed by atoms with Crippen LogP contribution in [0.4, 0.5) is 4.39 Å². The highest BCUT2D eigenvalue weighted by atomic mass is 35.5. The fraction of sp³-hybridized carbons (Fsp3) is 0.192. The van der Waals surface area contributed by atoms with Crippen LogP contribution in [-0.4, -0.2) is 17.1 Å². The Morgan fingerprint density at radius 1 is 1.06 bits per heavy atom. The zero-order valence-electron chi connectivity index (χ0n) is 16.7. The van der Waals surface area contributed by atoms with E-state index in [0.29, 0.717) is 6.47 Å². The SMILES string of the molecule is O=COC1CC1Cc1cn(C(c2ccccc2)c2ccccc2)c2cc(Cl)c(F)cc12. The zero-order valence-corrected chi connectivity index (χ0v) is 17.5. The monoisotopic (exact) mass is 433 g/mol. The summed E-state index contributed by atoms with van der Waals surface area (Å²) in [6.07, 6.45) is 3.61. The van der Waals surface area contributed by atoms with Gasteiger partial charge in [-0.3, -0.25) is 4.79 Å². The van der Waals surface area contributed by atoms with Gasteiger partial charge in [-0.1, -0.05) is 72.3 Å². The van der Waals surface area contributed by atoms with Crippen LogP contribution < -0.4 is 0 Å². The maximum Gasteiger partial charge on any atom is 0.293 e. The Hall–Kier alpha value is -3.11. The van der Waals surface area contributed by atoms with E-state index in [9.17, 15) is 9.18 Å². The molecule has 2 unspecified atom stereocenters. The van der Waals surface area contributed by atoms with E-state index in [1.807, 2.05) is 36.4 Å². The third kappa shape index (κ3) is 3.84. The van der Waals surface area contributed by atoms with Crippen molar-refractivity contribution in [2.24, 2.45) is 5.92 Å². The van der Waals surface area contributed by atoms with Gasteiger partial charge >= 0.3 is 0 Å². The lowest BCUT2D eigenvalue weighted by atomic mass is 9.98. The highest BCUT2D eigenvalue weighted by Crippen LogP contribution is 2.40. The van der Waals surface area contributed by atoms with Gasteiger partial charge in [-0.2, -0.15) is 0 Å². The quantitative estimate of drug-likeness (QED) is 0.326. The highest BCUT2D eigenvalue weighted by Gasteiger charge is 2.39. The Kier molecular flexibility index (Phi) is 5.24. The number of carbonyl (C=O) groups is 1. The van der Waals surface area contributed by atoms with Gasteiger partial charge in [-0.25, -0.2) is 4.39 Å². The average Bonchev–Trinajstić information content (AvgIpc) is 3.44. The molecule has 0 amide bonds.